The highest BCUT2D eigenvalue weighted by molar-refractivity contribution is 7.18. The number of likely N-dealkylation sites (tertiary alicyclic amines) is 1. The summed E-state index contributed by atoms with van der Waals surface area (Å²) < 4.78 is 1.21. The van der Waals surface area contributed by atoms with E-state index in [1.807, 2.05) is 25.1 Å². The first-order valence-corrected chi connectivity index (χ1v) is 10.6. The molecule has 7 nitrogen and oxygen atoms in total. The zero-order chi connectivity index (χ0) is 19.7. The SMILES string of the molecule is CCCCN1C(=O)C(=O)N(CN2CCC(c3nc4ccccc4s3)CC2)C1=O. The molecule has 2 fully saturated rings. The predicted octanol–water partition coefficient (Wildman–Crippen LogP) is 3.02. The van der Waals surface area contributed by atoms with Gasteiger partial charge in [0.2, 0.25) is 0 Å². The van der Waals surface area contributed by atoms with Gasteiger partial charge in [-0.05, 0) is 31.4 Å². The van der Waals surface area contributed by atoms with Crippen molar-refractivity contribution in [1.29, 1.82) is 0 Å². The number of urea groups is 1. The van der Waals surface area contributed by atoms with Crippen LogP contribution in [0.5, 0.6) is 0 Å². The third-order valence-electron chi connectivity index (χ3n) is 5.46. The van der Waals surface area contributed by atoms with E-state index in [-0.39, 0.29) is 6.67 Å². The highest BCUT2D eigenvalue weighted by atomic mass is 32.1. The summed E-state index contributed by atoms with van der Waals surface area (Å²) in [5, 5.41) is 1.16. The van der Waals surface area contributed by atoms with E-state index in [0.717, 1.165) is 52.7 Å². The van der Waals surface area contributed by atoms with Crippen LogP contribution in [0.1, 0.15) is 43.5 Å². The lowest BCUT2D eigenvalue weighted by molar-refractivity contribution is -0.144. The fourth-order valence-electron chi connectivity index (χ4n) is 3.77. The van der Waals surface area contributed by atoms with E-state index in [9.17, 15) is 14.4 Å². The van der Waals surface area contributed by atoms with Gasteiger partial charge < -0.3 is 0 Å². The Morgan fingerprint density at radius 2 is 1.79 bits per heavy atom. The lowest BCUT2D eigenvalue weighted by Gasteiger charge is -2.32. The Hall–Kier alpha value is -2.32. The van der Waals surface area contributed by atoms with E-state index >= 15 is 0 Å². The van der Waals surface area contributed by atoms with E-state index < -0.39 is 17.8 Å². The molecule has 2 aromatic rings. The van der Waals surface area contributed by atoms with Crippen molar-refractivity contribution >= 4 is 39.4 Å². The molecular weight excluding hydrogens is 376 g/mol. The molecule has 2 aliphatic heterocycles. The van der Waals surface area contributed by atoms with Gasteiger partial charge in [-0.25, -0.2) is 14.7 Å². The number of carbonyl (C=O) groups is 3. The van der Waals surface area contributed by atoms with Crippen LogP contribution in [0.25, 0.3) is 10.2 Å². The summed E-state index contributed by atoms with van der Waals surface area (Å²) in [6, 6.07) is 7.69. The second-order valence-electron chi connectivity index (χ2n) is 7.38. The maximum absolute atomic E-state index is 12.5. The second kappa shape index (κ2) is 7.97. The Kier molecular flexibility index (Phi) is 5.41. The molecule has 2 saturated heterocycles. The van der Waals surface area contributed by atoms with Gasteiger partial charge in [0.25, 0.3) is 0 Å². The Balaban J connectivity index is 1.36. The van der Waals surface area contributed by atoms with Gasteiger partial charge in [-0.2, -0.15) is 0 Å². The molecule has 3 heterocycles. The van der Waals surface area contributed by atoms with E-state index in [2.05, 4.69) is 11.0 Å². The summed E-state index contributed by atoms with van der Waals surface area (Å²) >= 11 is 1.75. The average molecular weight is 401 g/mol. The number of aromatic nitrogens is 1. The first kappa shape index (κ1) is 19.0. The van der Waals surface area contributed by atoms with Crippen molar-refractivity contribution in [3.63, 3.8) is 0 Å². The Bertz CT molecular complexity index is 871. The number of nitrogens with zero attached hydrogens (tertiary/aromatic N) is 4. The van der Waals surface area contributed by atoms with E-state index in [4.69, 9.17) is 4.98 Å². The number of imide groups is 2. The van der Waals surface area contributed by atoms with Crippen molar-refractivity contribution < 1.29 is 14.4 Å². The number of fused-ring (bicyclic) bond motifs is 1. The standard InChI is InChI=1S/C20H24N4O3S/c1-2-3-10-23-18(25)19(26)24(20(23)27)13-22-11-8-14(9-12-22)17-21-15-6-4-5-7-16(15)28-17/h4-7,14H,2-3,8-13H2,1H3. The van der Waals surface area contributed by atoms with E-state index in [1.165, 1.54) is 4.70 Å². The Morgan fingerprint density at radius 1 is 1.07 bits per heavy atom. The van der Waals surface area contributed by atoms with Gasteiger partial charge in [0, 0.05) is 25.6 Å². The molecule has 8 heteroatoms. The molecule has 4 rings (SSSR count). The molecular formula is C20H24N4O3S. The van der Waals surface area contributed by atoms with Crippen LogP contribution in [0, 0.1) is 0 Å². The van der Waals surface area contributed by atoms with Crippen molar-refractivity contribution in [3.05, 3.63) is 29.3 Å². The van der Waals surface area contributed by atoms with Crippen molar-refractivity contribution in [3.8, 4) is 0 Å². The number of carbonyl (C=O) groups excluding carboxylic acids is 3. The monoisotopic (exact) mass is 400 g/mol. The summed E-state index contributed by atoms with van der Waals surface area (Å²) in [6.45, 7) is 4.05. The highest BCUT2D eigenvalue weighted by Gasteiger charge is 2.44. The van der Waals surface area contributed by atoms with E-state index in [0.29, 0.717) is 18.9 Å². The average Bonchev–Trinajstić information content (AvgIpc) is 3.23. The van der Waals surface area contributed by atoms with Gasteiger partial charge in [0.1, 0.15) is 0 Å². The number of piperidine rings is 1. The lowest BCUT2D eigenvalue weighted by Crippen LogP contribution is -2.45. The topological polar surface area (TPSA) is 73.8 Å². The molecule has 4 amide bonds. The number of amides is 4. The highest BCUT2D eigenvalue weighted by Crippen LogP contribution is 2.34. The van der Waals surface area contributed by atoms with Crippen molar-refractivity contribution in [2.24, 2.45) is 0 Å². The molecule has 28 heavy (non-hydrogen) atoms. The zero-order valence-electron chi connectivity index (χ0n) is 16.0. The molecule has 1 aromatic carbocycles. The zero-order valence-corrected chi connectivity index (χ0v) is 16.8. The molecule has 2 aliphatic rings. The summed E-state index contributed by atoms with van der Waals surface area (Å²) in [5.74, 6) is -0.987. The van der Waals surface area contributed by atoms with Gasteiger partial charge in [0.15, 0.2) is 0 Å². The molecule has 0 unspecified atom stereocenters. The molecule has 0 saturated carbocycles. The van der Waals surface area contributed by atoms with Crippen LogP contribution in [0.15, 0.2) is 24.3 Å². The molecule has 0 spiro atoms. The molecule has 0 aliphatic carbocycles. The quantitative estimate of drug-likeness (QED) is 0.550. The van der Waals surface area contributed by atoms with Crippen molar-refractivity contribution in [1.82, 2.24) is 19.7 Å². The van der Waals surface area contributed by atoms with Crippen LogP contribution in [-0.4, -0.2) is 63.8 Å². The van der Waals surface area contributed by atoms with Crippen LogP contribution in [0.2, 0.25) is 0 Å². The maximum atomic E-state index is 12.5. The van der Waals surface area contributed by atoms with Crippen molar-refractivity contribution in [2.75, 3.05) is 26.3 Å². The summed E-state index contributed by atoms with van der Waals surface area (Å²) in [4.78, 5) is 45.8. The number of hydrogen-bond donors (Lipinski definition) is 0. The largest absolute Gasteiger partial charge is 0.335 e. The van der Waals surface area contributed by atoms with Crippen LogP contribution in [-0.2, 0) is 9.59 Å². The summed E-state index contributed by atoms with van der Waals surface area (Å²) in [5.41, 5.74) is 1.05. The third kappa shape index (κ3) is 3.54. The fraction of sp³-hybridized carbons (Fsp3) is 0.500. The van der Waals surface area contributed by atoms with Gasteiger partial charge in [-0.15, -0.1) is 11.3 Å². The molecule has 0 N–H and O–H groups in total. The minimum Gasteiger partial charge on any atom is -0.285 e. The second-order valence-corrected chi connectivity index (χ2v) is 8.44. The first-order valence-electron chi connectivity index (χ1n) is 9.83. The maximum Gasteiger partial charge on any atom is 0.335 e. The Morgan fingerprint density at radius 3 is 2.50 bits per heavy atom. The van der Waals surface area contributed by atoms with Crippen molar-refractivity contribution in [2.45, 2.75) is 38.5 Å². The smallest absolute Gasteiger partial charge is 0.285 e. The van der Waals surface area contributed by atoms with Crippen LogP contribution in [0.3, 0.4) is 0 Å². The third-order valence-corrected chi connectivity index (χ3v) is 6.66. The van der Waals surface area contributed by atoms with E-state index in [1.54, 1.807) is 11.3 Å². The number of rotatable bonds is 6. The summed E-state index contributed by atoms with van der Waals surface area (Å²) in [6.07, 6.45) is 3.45. The summed E-state index contributed by atoms with van der Waals surface area (Å²) in [7, 11) is 0. The van der Waals surface area contributed by atoms with Gasteiger partial charge in [0.05, 0.1) is 21.9 Å². The molecule has 0 radical (unpaired) electrons. The molecule has 0 atom stereocenters. The minimum atomic E-state index is -0.700. The number of unbranched alkanes of at least 4 members (excludes halogenated alkanes) is 1. The van der Waals surface area contributed by atoms with Crippen LogP contribution >= 0.6 is 11.3 Å². The predicted molar refractivity (Wildman–Crippen MR) is 107 cm³/mol. The number of thiazole rings is 1. The number of para-hydroxylation sites is 1. The lowest BCUT2D eigenvalue weighted by atomic mass is 9.98. The van der Waals surface area contributed by atoms with Crippen LogP contribution in [0.4, 0.5) is 4.79 Å². The molecule has 1 aromatic heterocycles. The minimum absolute atomic E-state index is 0.193. The molecule has 0 bridgehead atoms. The Labute approximate surface area is 167 Å². The van der Waals surface area contributed by atoms with Gasteiger partial charge >= 0.3 is 17.8 Å². The first-order chi connectivity index (χ1) is 13.6. The number of benzene rings is 1. The normalized spacial score (nSPS) is 19.4. The van der Waals surface area contributed by atoms with Gasteiger partial charge in [-0.1, -0.05) is 25.5 Å². The fourth-order valence-corrected chi connectivity index (χ4v) is 4.91. The van der Waals surface area contributed by atoms with Gasteiger partial charge in [-0.3, -0.25) is 19.4 Å². The number of hydrogen-bond acceptors (Lipinski definition) is 6. The van der Waals surface area contributed by atoms with Crippen LogP contribution < -0.4 is 0 Å². The molecule has 148 valence electrons.